The fraction of sp³-hybridized carbons (Fsp3) is 0.333. The van der Waals surface area contributed by atoms with E-state index in [1.165, 1.54) is 12.1 Å². The molecule has 0 aliphatic carbocycles. The maximum atomic E-state index is 13.1. The first kappa shape index (κ1) is 15.7. The molecule has 2 saturated heterocycles. The van der Waals surface area contributed by atoms with Gasteiger partial charge >= 0.3 is 0 Å². The Bertz CT molecular complexity index is 678. The van der Waals surface area contributed by atoms with Gasteiger partial charge in [0.2, 0.25) is 12.1 Å². The normalized spacial score (nSPS) is 30.4. The van der Waals surface area contributed by atoms with Gasteiger partial charge in [0.1, 0.15) is 5.82 Å². The monoisotopic (exact) mass is 332 g/mol. The van der Waals surface area contributed by atoms with Crippen LogP contribution in [-0.2, 0) is 30.1 Å². The lowest BCUT2D eigenvalue weighted by Gasteiger charge is -2.41. The zero-order valence-electron chi connectivity index (χ0n) is 12.9. The average molecular weight is 332 g/mol. The number of rotatable bonds is 2. The fourth-order valence-corrected chi connectivity index (χ4v) is 2.89. The quantitative estimate of drug-likeness (QED) is 0.774. The molecular weight excluding hydrogens is 315 g/mol. The van der Waals surface area contributed by atoms with Gasteiger partial charge in [0, 0.05) is 24.0 Å². The van der Waals surface area contributed by atoms with Crippen LogP contribution in [0.5, 0.6) is 0 Å². The predicted octanol–water partition coefficient (Wildman–Crippen LogP) is 4.11. The van der Waals surface area contributed by atoms with Crippen molar-refractivity contribution in [1.82, 2.24) is 0 Å². The van der Waals surface area contributed by atoms with Gasteiger partial charge in [-0.2, -0.15) is 14.7 Å². The Labute approximate surface area is 138 Å². The standard InChI is InChI=1S/C18H17FO5/c19-15-10-8-13(9-11-15)17-22-21-16-7-4-12-18(20-16,24-23-17)14-5-2-1-3-6-14/h1-3,5-6,8-11,16-17H,4,7,12H2/t16-,17+,18-/m0/s1. The van der Waals surface area contributed by atoms with Crippen molar-refractivity contribution in [2.45, 2.75) is 37.6 Å². The Morgan fingerprint density at radius 3 is 2.50 bits per heavy atom. The van der Waals surface area contributed by atoms with Crippen molar-refractivity contribution in [3.8, 4) is 0 Å². The molecule has 0 spiro atoms. The molecule has 2 bridgehead atoms. The number of halogens is 1. The first-order valence-corrected chi connectivity index (χ1v) is 7.91. The van der Waals surface area contributed by atoms with E-state index >= 15 is 0 Å². The van der Waals surface area contributed by atoms with Gasteiger partial charge in [-0.05, 0) is 18.6 Å². The SMILES string of the molecule is Fc1ccc([C@@H]2OO[C@H]3CCC[C@@](c4ccccc4)(OO2)O3)cc1. The van der Waals surface area contributed by atoms with Crippen LogP contribution in [0.2, 0.25) is 0 Å². The summed E-state index contributed by atoms with van der Waals surface area (Å²) in [6.45, 7) is 0. The van der Waals surface area contributed by atoms with Crippen LogP contribution in [0.1, 0.15) is 36.7 Å². The van der Waals surface area contributed by atoms with Gasteiger partial charge in [0.05, 0.1) is 0 Å². The van der Waals surface area contributed by atoms with Crippen molar-refractivity contribution in [3.05, 3.63) is 71.5 Å². The summed E-state index contributed by atoms with van der Waals surface area (Å²) in [6.07, 6.45) is 0.665. The van der Waals surface area contributed by atoms with E-state index in [0.717, 1.165) is 12.0 Å². The molecule has 2 aliphatic rings. The van der Waals surface area contributed by atoms with Gasteiger partial charge in [-0.25, -0.2) is 9.28 Å². The van der Waals surface area contributed by atoms with Gasteiger partial charge in [-0.15, -0.1) is 0 Å². The molecular formula is C18H17FO5. The minimum Gasteiger partial charge on any atom is -0.311 e. The summed E-state index contributed by atoms with van der Waals surface area (Å²) in [4.78, 5) is 21.8. The smallest absolute Gasteiger partial charge is 0.249 e. The van der Waals surface area contributed by atoms with Crippen LogP contribution < -0.4 is 0 Å². The van der Waals surface area contributed by atoms with Crippen LogP contribution in [0.4, 0.5) is 4.39 Å². The molecule has 3 atom stereocenters. The minimum atomic E-state index is -1.05. The van der Waals surface area contributed by atoms with Crippen LogP contribution in [-0.4, -0.2) is 6.29 Å². The molecule has 2 aromatic carbocycles. The summed E-state index contributed by atoms with van der Waals surface area (Å²) < 4.78 is 19.1. The van der Waals surface area contributed by atoms with Crippen LogP contribution >= 0.6 is 0 Å². The summed E-state index contributed by atoms with van der Waals surface area (Å²) >= 11 is 0. The van der Waals surface area contributed by atoms with Crippen molar-refractivity contribution < 1.29 is 28.7 Å². The molecule has 0 unspecified atom stereocenters. The topological polar surface area (TPSA) is 46.2 Å². The Morgan fingerprint density at radius 2 is 1.71 bits per heavy atom. The summed E-state index contributed by atoms with van der Waals surface area (Å²) in [5.41, 5.74) is 1.43. The molecule has 2 aliphatic heterocycles. The zero-order valence-corrected chi connectivity index (χ0v) is 12.9. The third-order valence-electron chi connectivity index (χ3n) is 4.14. The number of hydrogen-bond donors (Lipinski definition) is 0. The molecule has 6 heteroatoms. The molecule has 0 saturated carbocycles. The Morgan fingerprint density at radius 1 is 0.917 bits per heavy atom. The predicted molar refractivity (Wildman–Crippen MR) is 80.3 cm³/mol. The highest BCUT2D eigenvalue weighted by atomic mass is 19.1. The van der Waals surface area contributed by atoms with E-state index in [1.54, 1.807) is 12.1 Å². The lowest BCUT2D eigenvalue weighted by molar-refractivity contribution is -0.593. The summed E-state index contributed by atoms with van der Waals surface area (Å²) in [7, 11) is 0. The van der Waals surface area contributed by atoms with Gasteiger partial charge < -0.3 is 4.74 Å². The summed E-state index contributed by atoms with van der Waals surface area (Å²) in [6, 6.07) is 15.3. The molecule has 0 radical (unpaired) electrons. The molecule has 0 N–H and O–H groups in total. The van der Waals surface area contributed by atoms with E-state index in [4.69, 9.17) is 24.3 Å². The van der Waals surface area contributed by atoms with Crippen LogP contribution in [0.3, 0.4) is 0 Å². The van der Waals surface area contributed by atoms with Crippen molar-refractivity contribution in [3.63, 3.8) is 0 Å². The molecule has 24 heavy (non-hydrogen) atoms. The van der Waals surface area contributed by atoms with Gasteiger partial charge in [0.25, 0.3) is 0 Å². The van der Waals surface area contributed by atoms with E-state index < -0.39 is 18.4 Å². The molecule has 5 nitrogen and oxygen atoms in total. The van der Waals surface area contributed by atoms with E-state index in [0.29, 0.717) is 18.4 Å². The molecule has 126 valence electrons. The highest BCUT2D eigenvalue weighted by molar-refractivity contribution is 5.21. The van der Waals surface area contributed by atoms with Gasteiger partial charge in [-0.3, -0.25) is 0 Å². The molecule has 0 amide bonds. The second kappa shape index (κ2) is 6.58. The number of benzene rings is 2. The van der Waals surface area contributed by atoms with E-state index in [9.17, 15) is 4.39 Å². The second-order valence-electron chi connectivity index (χ2n) is 5.81. The Hall–Kier alpha value is -1.83. The molecule has 2 fully saturated rings. The Balaban J connectivity index is 1.61. The molecule has 2 heterocycles. The van der Waals surface area contributed by atoms with Crippen LogP contribution in [0.25, 0.3) is 0 Å². The number of fused-ring (bicyclic) bond motifs is 2. The summed E-state index contributed by atoms with van der Waals surface area (Å²) in [5.74, 6) is -1.39. The third kappa shape index (κ3) is 3.07. The van der Waals surface area contributed by atoms with Gasteiger partial charge in [0.15, 0.2) is 6.29 Å². The zero-order chi connectivity index (χ0) is 16.4. The largest absolute Gasteiger partial charge is 0.311 e. The maximum absolute atomic E-state index is 13.1. The third-order valence-corrected chi connectivity index (χ3v) is 4.14. The highest BCUT2D eigenvalue weighted by Crippen LogP contribution is 2.42. The van der Waals surface area contributed by atoms with Crippen molar-refractivity contribution in [2.24, 2.45) is 0 Å². The number of ether oxygens (including phenoxy) is 1. The Kier molecular flexibility index (Phi) is 4.30. The minimum absolute atomic E-state index is 0.340. The molecule has 0 aromatic heterocycles. The lowest BCUT2D eigenvalue weighted by atomic mass is 9.97. The van der Waals surface area contributed by atoms with E-state index in [2.05, 4.69) is 0 Å². The lowest BCUT2D eigenvalue weighted by Crippen LogP contribution is -2.44. The first-order chi connectivity index (χ1) is 11.8. The first-order valence-electron chi connectivity index (χ1n) is 7.91. The van der Waals surface area contributed by atoms with E-state index in [-0.39, 0.29) is 5.82 Å². The van der Waals surface area contributed by atoms with Crippen LogP contribution in [0, 0.1) is 5.82 Å². The van der Waals surface area contributed by atoms with Gasteiger partial charge in [-0.1, -0.05) is 42.5 Å². The van der Waals surface area contributed by atoms with Crippen molar-refractivity contribution in [1.29, 1.82) is 0 Å². The fourth-order valence-electron chi connectivity index (χ4n) is 2.89. The number of hydrogen-bond acceptors (Lipinski definition) is 5. The average Bonchev–Trinajstić information content (AvgIpc) is 2.63. The van der Waals surface area contributed by atoms with Crippen molar-refractivity contribution in [2.75, 3.05) is 0 Å². The van der Waals surface area contributed by atoms with Crippen LogP contribution in [0.15, 0.2) is 54.6 Å². The maximum Gasteiger partial charge on any atom is 0.249 e. The summed E-state index contributed by atoms with van der Waals surface area (Å²) in [5, 5.41) is 0. The molecule has 4 rings (SSSR count). The van der Waals surface area contributed by atoms with Crippen molar-refractivity contribution >= 4 is 0 Å². The van der Waals surface area contributed by atoms with E-state index in [1.807, 2.05) is 30.3 Å². The second-order valence-corrected chi connectivity index (χ2v) is 5.81. The highest BCUT2D eigenvalue weighted by Gasteiger charge is 2.45. The molecule has 2 aromatic rings.